The third-order valence-electron chi connectivity index (χ3n) is 2.40. The van der Waals surface area contributed by atoms with Crippen LogP contribution in [-0.4, -0.2) is 36.7 Å². The fraction of sp³-hybridized carbons (Fsp3) is 0.333. The summed E-state index contributed by atoms with van der Waals surface area (Å²) in [6, 6.07) is 3.56. The topological polar surface area (TPSA) is 75.6 Å². The lowest BCUT2D eigenvalue weighted by molar-refractivity contribution is -0.139. The Bertz CT molecular complexity index is 459. The molecule has 1 unspecified atom stereocenters. The predicted molar refractivity (Wildman–Crippen MR) is 71.8 cm³/mol. The van der Waals surface area contributed by atoms with E-state index in [2.05, 4.69) is 5.32 Å². The van der Waals surface area contributed by atoms with Crippen LogP contribution in [0.25, 0.3) is 0 Å². The molecule has 0 fully saturated rings. The minimum absolute atomic E-state index is 0.0644. The number of methoxy groups -OCH3 is 1. The van der Waals surface area contributed by atoms with Gasteiger partial charge in [-0.05, 0) is 12.1 Å². The van der Waals surface area contributed by atoms with Crippen molar-refractivity contribution in [2.75, 3.05) is 13.7 Å². The molecule has 2 N–H and O–H groups in total. The highest BCUT2D eigenvalue weighted by Gasteiger charge is 2.22. The van der Waals surface area contributed by atoms with E-state index in [9.17, 15) is 9.59 Å². The second kappa shape index (κ2) is 7.33. The van der Waals surface area contributed by atoms with Crippen molar-refractivity contribution >= 4 is 35.1 Å². The number of amides is 1. The van der Waals surface area contributed by atoms with Gasteiger partial charge in [-0.25, -0.2) is 4.79 Å². The third-order valence-corrected chi connectivity index (χ3v) is 3.03. The number of aliphatic carboxylic acids is 1. The standard InChI is InChI=1S/C12H13Cl2NO4/c1-19-6-5-9(12(17)18)15-11(16)10-7(13)3-2-4-8(10)14/h2-4,9H,5-6H2,1H3,(H,15,16)(H,17,18). The van der Waals surface area contributed by atoms with Gasteiger partial charge in [0.2, 0.25) is 0 Å². The highest BCUT2D eigenvalue weighted by molar-refractivity contribution is 6.39. The van der Waals surface area contributed by atoms with Crippen molar-refractivity contribution in [1.29, 1.82) is 0 Å². The maximum absolute atomic E-state index is 12.0. The summed E-state index contributed by atoms with van der Waals surface area (Å²) in [7, 11) is 1.45. The predicted octanol–water partition coefficient (Wildman–Crippen LogP) is 2.21. The van der Waals surface area contributed by atoms with Crippen molar-refractivity contribution < 1.29 is 19.4 Å². The van der Waals surface area contributed by atoms with Gasteiger partial charge in [0, 0.05) is 20.1 Å². The van der Waals surface area contributed by atoms with Crippen LogP contribution in [0.5, 0.6) is 0 Å². The largest absolute Gasteiger partial charge is 0.480 e. The number of ether oxygens (including phenoxy) is 1. The van der Waals surface area contributed by atoms with Crippen LogP contribution in [0.2, 0.25) is 10.0 Å². The molecule has 5 nitrogen and oxygen atoms in total. The van der Waals surface area contributed by atoms with E-state index in [1.807, 2.05) is 0 Å². The maximum Gasteiger partial charge on any atom is 0.326 e. The Morgan fingerprint density at radius 3 is 2.42 bits per heavy atom. The van der Waals surface area contributed by atoms with Crippen LogP contribution in [0, 0.1) is 0 Å². The Labute approximate surface area is 120 Å². The molecule has 0 saturated carbocycles. The fourth-order valence-corrected chi connectivity index (χ4v) is 2.01. The summed E-state index contributed by atoms with van der Waals surface area (Å²) >= 11 is 11.7. The van der Waals surface area contributed by atoms with Gasteiger partial charge >= 0.3 is 5.97 Å². The quantitative estimate of drug-likeness (QED) is 0.845. The van der Waals surface area contributed by atoms with Crippen molar-refractivity contribution in [3.8, 4) is 0 Å². The summed E-state index contributed by atoms with van der Waals surface area (Å²) in [5.41, 5.74) is 0.0644. The van der Waals surface area contributed by atoms with Gasteiger partial charge in [0.05, 0.1) is 15.6 Å². The molecule has 19 heavy (non-hydrogen) atoms. The minimum Gasteiger partial charge on any atom is -0.480 e. The second-order valence-corrected chi connectivity index (χ2v) is 4.56. The summed E-state index contributed by atoms with van der Waals surface area (Å²) in [5, 5.41) is 11.7. The first-order valence-corrected chi connectivity index (χ1v) is 6.19. The van der Waals surface area contributed by atoms with Gasteiger partial charge in [0.1, 0.15) is 6.04 Å². The molecule has 1 aromatic rings. The summed E-state index contributed by atoms with van der Waals surface area (Å²) in [4.78, 5) is 23.0. The van der Waals surface area contributed by atoms with E-state index in [1.54, 1.807) is 6.07 Å². The number of rotatable bonds is 6. The van der Waals surface area contributed by atoms with Gasteiger partial charge in [-0.3, -0.25) is 4.79 Å². The minimum atomic E-state index is -1.14. The van der Waals surface area contributed by atoms with Crippen molar-refractivity contribution in [1.82, 2.24) is 5.32 Å². The highest BCUT2D eigenvalue weighted by Crippen LogP contribution is 2.24. The molecule has 0 saturated heterocycles. The van der Waals surface area contributed by atoms with Crippen LogP contribution >= 0.6 is 23.2 Å². The normalized spacial score (nSPS) is 11.9. The zero-order valence-corrected chi connectivity index (χ0v) is 11.7. The molecular weight excluding hydrogens is 293 g/mol. The first-order chi connectivity index (χ1) is 8.97. The number of carbonyl (C=O) groups excluding carboxylic acids is 1. The molecule has 0 aromatic heterocycles. The SMILES string of the molecule is COCCC(NC(=O)c1c(Cl)cccc1Cl)C(=O)O. The second-order valence-electron chi connectivity index (χ2n) is 3.74. The van der Waals surface area contributed by atoms with Crippen LogP contribution in [0.1, 0.15) is 16.8 Å². The maximum atomic E-state index is 12.0. The number of nitrogens with one attached hydrogen (secondary N) is 1. The van der Waals surface area contributed by atoms with Crippen molar-refractivity contribution in [2.24, 2.45) is 0 Å². The molecule has 7 heteroatoms. The van der Waals surface area contributed by atoms with Crippen LogP contribution in [0.4, 0.5) is 0 Å². The van der Waals surface area contributed by atoms with E-state index < -0.39 is 17.9 Å². The molecule has 0 spiro atoms. The van der Waals surface area contributed by atoms with Gasteiger partial charge < -0.3 is 15.2 Å². The number of hydrogen-bond donors (Lipinski definition) is 2. The zero-order chi connectivity index (χ0) is 14.4. The lowest BCUT2D eigenvalue weighted by Crippen LogP contribution is -2.41. The monoisotopic (exact) mass is 305 g/mol. The van der Waals surface area contributed by atoms with Gasteiger partial charge in [-0.15, -0.1) is 0 Å². The van der Waals surface area contributed by atoms with Crippen LogP contribution < -0.4 is 5.32 Å². The molecule has 0 heterocycles. The van der Waals surface area contributed by atoms with E-state index in [-0.39, 0.29) is 28.6 Å². The van der Waals surface area contributed by atoms with Crippen molar-refractivity contribution in [3.05, 3.63) is 33.8 Å². The van der Waals surface area contributed by atoms with E-state index in [0.29, 0.717) is 0 Å². The van der Waals surface area contributed by atoms with Crippen molar-refractivity contribution in [2.45, 2.75) is 12.5 Å². The molecule has 1 amide bonds. The molecular formula is C12H13Cl2NO4. The van der Waals surface area contributed by atoms with Crippen LogP contribution in [0.15, 0.2) is 18.2 Å². The number of carboxylic acids is 1. The molecule has 0 bridgehead atoms. The number of hydrogen-bond acceptors (Lipinski definition) is 3. The summed E-state index contributed by atoms with van der Waals surface area (Å²) in [6.07, 6.45) is 0.152. The van der Waals surface area contributed by atoms with Crippen LogP contribution in [0.3, 0.4) is 0 Å². The smallest absolute Gasteiger partial charge is 0.326 e. The molecule has 1 rings (SSSR count). The number of carbonyl (C=O) groups is 2. The Morgan fingerprint density at radius 2 is 1.95 bits per heavy atom. The van der Waals surface area contributed by atoms with Gasteiger partial charge in [-0.2, -0.15) is 0 Å². The zero-order valence-electron chi connectivity index (χ0n) is 10.2. The number of carboxylic acid groups (broad SMARTS) is 1. The number of benzene rings is 1. The van der Waals surface area contributed by atoms with E-state index in [1.165, 1.54) is 19.2 Å². The van der Waals surface area contributed by atoms with E-state index in [4.69, 9.17) is 33.0 Å². The summed E-state index contributed by atoms with van der Waals surface area (Å²) < 4.78 is 4.79. The lowest BCUT2D eigenvalue weighted by atomic mass is 10.1. The highest BCUT2D eigenvalue weighted by atomic mass is 35.5. The van der Waals surface area contributed by atoms with E-state index >= 15 is 0 Å². The van der Waals surface area contributed by atoms with Gasteiger partial charge in [0.15, 0.2) is 0 Å². The first kappa shape index (κ1) is 15.8. The van der Waals surface area contributed by atoms with Crippen molar-refractivity contribution in [3.63, 3.8) is 0 Å². The molecule has 1 aromatic carbocycles. The average Bonchev–Trinajstić information content (AvgIpc) is 2.33. The Morgan fingerprint density at radius 1 is 1.37 bits per heavy atom. The number of halogens is 2. The Balaban J connectivity index is 2.85. The van der Waals surface area contributed by atoms with Gasteiger partial charge in [0.25, 0.3) is 5.91 Å². The van der Waals surface area contributed by atoms with E-state index in [0.717, 1.165) is 0 Å². The Kier molecular flexibility index (Phi) is 6.08. The first-order valence-electron chi connectivity index (χ1n) is 5.44. The average molecular weight is 306 g/mol. The fourth-order valence-electron chi connectivity index (χ4n) is 1.44. The third kappa shape index (κ3) is 4.38. The molecule has 0 aliphatic heterocycles. The molecule has 1 atom stereocenters. The molecule has 0 aliphatic carbocycles. The van der Waals surface area contributed by atoms with Crippen LogP contribution in [-0.2, 0) is 9.53 Å². The van der Waals surface area contributed by atoms with Gasteiger partial charge in [-0.1, -0.05) is 29.3 Å². The molecule has 0 aliphatic rings. The molecule has 104 valence electrons. The molecule has 0 radical (unpaired) electrons. The summed E-state index contributed by atoms with van der Waals surface area (Å²) in [5.74, 6) is -1.77. The lowest BCUT2D eigenvalue weighted by Gasteiger charge is -2.15. The Hall–Kier alpha value is -1.30. The summed E-state index contributed by atoms with van der Waals surface area (Å²) in [6.45, 7) is 0.216.